The molecule has 0 aromatic carbocycles. The number of carbonyl (C=O) groups is 1. The molecule has 1 aliphatic rings. The summed E-state index contributed by atoms with van der Waals surface area (Å²) in [4.78, 5) is 10.7. The van der Waals surface area contributed by atoms with Gasteiger partial charge in [-0.1, -0.05) is 20.8 Å². The van der Waals surface area contributed by atoms with Gasteiger partial charge in [0.05, 0.1) is 0 Å². The summed E-state index contributed by atoms with van der Waals surface area (Å²) in [7, 11) is 0. The zero-order chi connectivity index (χ0) is 10.3. The van der Waals surface area contributed by atoms with Crippen molar-refractivity contribution < 1.29 is 9.53 Å². The number of nitrogens with two attached hydrogens (primary N) is 2. The third-order valence-electron chi connectivity index (χ3n) is 2.85. The van der Waals surface area contributed by atoms with Gasteiger partial charge in [-0.3, -0.25) is 0 Å². The van der Waals surface area contributed by atoms with Crippen molar-refractivity contribution in [3.8, 4) is 0 Å². The van der Waals surface area contributed by atoms with Crippen LogP contribution >= 0.6 is 0 Å². The van der Waals surface area contributed by atoms with Crippen LogP contribution in [-0.4, -0.2) is 17.7 Å². The Hall–Kier alpha value is -0.770. The molecule has 1 rings (SSSR count). The van der Waals surface area contributed by atoms with Crippen LogP contribution in [0.5, 0.6) is 0 Å². The van der Waals surface area contributed by atoms with Crippen LogP contribution in [0.2, 0.25) is 0 Å². The Morgan fingerprint density at radius 3 is 2.15 bits per heavy atom. The van der Waals surface area contributed by atoms with E-state index >= 15 is 0 Å². The Morgan fingerprint density at radius 2 is 1.92 bits per heavy atom. The first-order chi connectivity index (χ1) is 5.77. The molecule has 0 aliphatic heterocycles. The quantitative estimate of drug-likeness (QED) is 0.641. The van der Waals surface area contributed by atoms with E-state index in [0.29, 0.717) is 12.8 Å². The van der Waals surface area contributed by atoms with Gasteiger partial charge in [0.1, 0.15) is 5.60 Å². The normalized spacial score (nSPS) is 33.7. The molecule has 13 heavy (non-hydrogen) atoms. The number of hydrogen-bond acceptors (Lipinski definition) is 3. The van der Waals surface area contributed by atoms with E-state index in [9.17, 15) is 4.79 Å². The average Bonchev–Trinajstić information content (AvgIpc) is 1.79. The summed E-state index contributed by atoms with van der Waals surface area (Å²) in [5, 5.41) is 0. The Kier molecular flexibility index (Phi) is 2.28. The lowest BCUT2D eigenvalue weighted by atomic mass is 9.62. The van der Waals surface area contributed by atoms with Crippen molar-refractivity contribution in [2.24, 2.45) is 16.9 Å². The first-order valence-electron chi connectivity index (χ1n) is 4.51. The molecule has 0 atom stereocenters. The molecule has 76 valence electrons. The molecule has 1 saturated carbocycles. The molecule has 4 heteroatoms. The minimum Gasteiger partial charge on any atom is -0.442 e. The third kappa shape index (κ3) is 1.77. The molecular weight excluding hydrogens is 168 g/mol. The fourth-order valence-corrected chi connectivity index (χ4v) is 1.83. The van der Waals surface area contributed by atoms with Crippen LogP contribution in [0.1, 0.15) is 33.6 Å². The minimum atomic E-state index is -0.707. The molecule has 4 nitrogen and oxygen atoms in total. The summed E-state index contributed by atoms with van der Waals surface area (Å²) in [5.41, 5.74) is 10.2. The molecule has 0 bridgehead atoms. The standard InChI is InChI=1S/C9H18N2O2/c1-8(2,3)9(13-7(11)12)4-6(10)5-9/h6H,4-5,10H2,1-3H3,(H2,11,12). The van der Waals surface area contributed by atoms with Gasteiger partial charge >= 0.3 is 6.09 Å². The van der Waals surface area contributed by atoms with Gasteiger partial charge in [-0.25, -0.2) is 4.79 Å². The summed E-state index contributed by atoms with van der Waals surface area (Å²) in [5.74, 6) is 0. The van der Waals surface area contributed by atoms with Crippen LogP contribution in [0.15, 0.2) is 0 Å². The number of carbonyl (C=O) groups excluding carboxylic acids is 1. The van der Waals surface area contributed by atoms with Crippen molar-refractivity contribution >= 4 is 6.09 Å². The first kappa shape index (κ1) is 10.3. The molecule has 1 amide bonds. The van der Waals surface area contributed by atoms with E-state index in [1.54, 1.807) is 0 Å². The summed E-state index contributed by atoms with van der Waals surface area (Å²) >= 11 is 0. The molecule has 1 fully saturated rings. The van der Waals surface area contributed by atoms with Crippen molar-refractivity contribution in [3.63, 3.8) is 0 Å². The highest BCUT2D eigenvalue weighted by Crippen LogP contribution is 2.47. The van der Waals surface area contributed by atoms with Gasteiger partial charge in [0, 0.05) is 24.3 Å². The lowest BCUT2D eigenvalue weighted by Crippen LogP contribution is -2.61. The molecular formula is C9H18N2O2. The molecule has 0 unspecified atom stereocenters. The largest absolute Gasteiger partial charge is 0.442 e. The van der Waals surface area contributed by atoms with Crippen molar-refractivity contribution in [1.82, 2.24) is 0 Å². The Balaban J connectivity index is 2.73. The average molecular weight is 186 g/mol. The zero-order valence-electron chi connectivity index (χ0n) is 8.46. The van der Waals surface area contributed by atoms with E-state index in [-0.39, 0.29) is 11.5 Å². The Labute approximate surface area is 78.6 Å². The van der Waals surface area contributed by atoms with Gasteiger partial charge < -0.3 is 16.2 Å². The van der Waals surface area contributed by atoms with Crippen LogP contribution in [0.25, 0.3) is 0 Å². The highest BCUT2D eigenvalue weighted by Gasteiger charge is 2.53. The van der Waals surface area contributed by atoms with Gasteiger partial charge in [-0.05, 0) is 0 Å². The van der Waals surface area contributed by atoms with Crippen LogP contribution in [0.4, 0.5) is 4.79 Å². The van der Waals surface area contributed by atoms with E-state index in [1.165, 1.54) is 0 Å². The molecule has 0 aromatic rings. The van der Waals surface area contributed by atoms with Crippen LogP contribution in [0, 0.1) is 5.41 Å². The topological polar surface area (TPSA) is 78.3 Å². The van der Waals surface area contributed by atoms with Crippen LogP contribution < -0.4 is 11.5 Å². The fourth-order valence-electron chi connectivity index (χ4n) is 1.83. The van der Waals surface area contributed by atoms with E-state index in [2.05, 4.69) is 0 Å². The number of hydrogen-bond donors (Lipinski definition) is 2. The second kappa shape index (κ2) is 2.87. The lowest BCUT2D eigenvalue weighted by molar-refractivity contribution is -0.128. The van der Waals surface area contributed by atoms with Gasteiger partial charge in [0.15, 0.2) is 0 Å². The second-order valence-corrected chi connectivity index (χ2v) is 4.83. The summed E-state index contributed by atoms with van der Waals surface area (Å²) < 4.78 is 5.17. The van der Waals surface area contributed by atoms with E-state index in [1.807, 2.05) is 20.8 Å². The highest BCUT2D eigenvalue weighted by molar-refractivity contribution is 5.65. The van der Waals surface area contributed by atoms with Crippen molar-refractivity contribution in [1.29, 1.82) is 0 Å². The first-order valence-corrected chi connectivity index (χ1v) is 4.51. The number of primary amides is 1. The molecule has 0 radical (unpaired) electrons. The van der Waals surface area contributed by atoms with E-state index in [0.717, 1.165) is 0 Å². The van der Waals surface area contributed by atoms with Gasteiger partial charge in [-0.2, -0.15) is 0 Å². The SMILES string of the molecule is CC(C)(C)C1(OC(N)=O)CC(N)C1. The third-order valence-corrected chi connectivity index (χ3v) is 2.85. The van der Waals surface area contributed by atoms with Crippen molar-refractivity contribution in [2.75, 3.05) is 0 Å². The zero-order valence-corrected chi connectivity index (χ0v) is 8.46. The molecule has 1 aliphatic carbocycles. The molecule has 0 heterocycles. The Morgan fingerprint density at radius 1 is 1.46 bits per heavy atom. The monoisotopic (exact) mass is 186 g/mol. The van der Waals surface area contributed by atoms with Crippen LogP contribution in [0.3, 0.4) is 0 Å². The second-order valence-electron chi connectivity index (χ2n) is 4.83. The Bertz CT molecular complexity index is 214. The number of amides is 1. The predicted molar refractivity (Wildman–Crippen MR) is 50.1 cm³/mol. The van der Waals surface area contributed by atoms with E-state index in [4.69, 9.17) is 16.2 Å². The molecule has 4 N–H and O–H groups in total. The van der Waals surface area contributed by atoms with Crippen LogP contribution in [-0.2, 0) is 4.74 Å². The minimum absolute atomic E-state index is 0.0993. The van der Waals surface area contributed by atoms with Gasteiger partial charge in [-0.15, -0.1) is 0 Å². The lowest BCUT2D eigenvalue weighted by Gasteiger charge is -2.52. The molecule has 0 saturated heterocycles. The molecule has 0 aromatic heterocycles. The van der Waals surface area contributed by atoms with E-state index < -0.39 is 11.7 Å². The van der Waals surface area contributed by atoms with Gasteiger partial charge in [0.2, 0.25) is 0 Å². The highest BCUT2D eigenvalue weighted by atomic mass is 16.6. The summed E-state index contributed by atoms with van der Waals surface area (Å²) in [6.45, 7) is 6.09. The number of rotatable bonds is 1. The fraction of sp³-hybridized carbons (Fsp3) is 0.889. The summed E-state index contributed by atoms with van der Waals surface area (Å²) in [6.07, 6.45) is 0.709. The molecule has 0 spiro atoms. The number of ether oxygens (including phenoxy) is 1. The van der Waals surface area contributed by atoms with Crippen molar-refractivity contribution in [2.45, 2.75) is 45.3 Å². The predicted octanol–water partition coefficient (Wildman–Crippen LogP) is 0.988. The summed E-state index contributed by atoms with van der Waals surface area (Å²) in [6, 6.07) is 0.138. The maximum atomic E-state index is 10.7. The maximum Gasteiger partial charge on any atom is 0.405 e. The maximum absolute atomic E-state index is 10.7. The van der Waals surface area contributed by atoms with Crippen molar-refractivity contribution in [3.05, 3.63) is 0 Å². The smallest absolute Gasteiger partial charge is 0.405 e. The van der Waals surface area contributed by atoms with Gasteiger partial charge in [0.25, 0.3) is 0 Å².